The molecule has 65 heavy (non-hydrogen) atoms. The van der Waals surface area contributed by atoms with Gasteiger partial charge in [0.25, 0.3) is 23.6 Å². The van der Waals surface area contributed by atoms with Crippen LogP contribution in [0.15, 0.2) is 121 Å². The van der Waals surface area contributed by atoms with Crippen molar-refractivity contribution in [1.29, 1.82) is 0 Å². The first-order valence-corrected chi connectivity index (χ1v) is 23.5. The van der Waals surface area contributed by atoms with Crippen molar-refractivity contribution >= 4 is 35.4 Å². The van der Waals surface area contributed by atoms with Gasteiger partial charge in [-0.05, 0) is 126 Å². The van der Waals surface area contributed by atoms with Crippen LogP contribution in [0.1, 0.15) is 131 Å². The average Bonchev–Trinajstić information content (AvgIpc) is 3.34. The molecule has 0 heterocycles. The lowest BCUT2D eigenvalue weighted by Gasteiger charge is -2.19. The summed E-state index contributed by atoms with van der Waals surface area (Å²) in [7, 11) is 0. The molecule has 4 aromatic rings. The van der Waals surface area contributed by atoms with Gasteiger partial charge in [0.2, 0.25) is 11.8 Å². The van der Waals surface area contributed by atoms with Crippen LogP contribution in [0.3, 0.4) is 0 Å². The van der Waals surface area contributed by atoms with Crippen molar-refractivity contribution in [3.63, 3.8) is 0 Å². The van der Waals surface area contributed by atoms with Crippen LogP contribution < -0.4 is 37.2 Å². The van der Waals surface area contributed by atoms with Gasteiger partial charge in [0.1, 0.15) is 12.1 Å². The molecule has 0 bridgehead atoms. The van der Waals surface area contributed by atoms with E-state index in [1.54, 1.807) is 72.8 Å². The van der Waals surface area contributed by atoms with Gasteiger partial charge in [-0.15, -0.1) is 0 Å². The fourth-order valence-corrected chi connectivity index (χ4v) is 7.19. The summed E-state index contributed by atoms with van der Waals surface area (Å²) in [6, 6.07) is 34.5. The summed E-state index contributed by atoms with van der Waals surface area (Å²) in [5.41, 5.74) is 2.21. The minimum Gasteiger partial charge on any atom is -0.354 e. The lowest BCUT2D eigenvalue weighted by atomic mass is 10.1. The maximum Gasteiger partial charge on any atom is 0.251 e. The molecular formula is C52H69N7O6. The molecule has 0 aromatic heterocycles. The van der Waals surface area contributed by atoms with Gasteiger partial charge in [-0.25, -0.2) is 0 Å². The summed E-state index contributed by atoms with van der Waals surface area (Å²) < 4.78 is 0. The number of carbonyl (C=O) groups is 6. The molecule has 0 saturated carbocycles. The van der Waals surface area contributed by atoms with Crippen LogP contribution in [-0.2, 0) is 9.59 Å². The number of amides is 6. The number of hydrogen-bond acceptors (Lipinski definition) is 7. The summed E-state index contributed by atoms with van der Waals surface area (Å²) in [6.45, 7) is 3.89. The summed E-state index contributed by atoms with van der Waals surface area (Å²) in [4.78, 5) is 76.8. The van der Waals surface area contributed by atoms with Crippen LogP contribution in [0.25, 0.3) is 0 Å². The number of rotatable bonds is 32. The third-order valence-corrected chi connectivity index (χ3v) is 11.0. The fourth-order valence-electron chi connectivity index (χ4n) is 7.19. The standard InChI is InChI=1S/C52H69N7O6/c60-47(41-25-9-5-10-26-41)54-39-23-17-33-45(58-49(62)43-29-13-7-14-30-43)51(64)56-37-21-3-1-19-35-53-36-20-2-4-22-38-57-52(65)46(59-50(63)44-31-15-8-16-32-44)34-18-24-40-55-48(61)42-27-11-6-12-28-42/h5-16,25-32,45-46,53H,1-4,17-24,33-40H2,(H,54,60)(H,55,61)(H,56,64)(H,57,65)(H,58,62)(H,59,63). The largest absolute Gasteiger partial charge is 0.354 e. The van der Waals surface area contributed by atoms with Crippen LogP contribution in [0.2, 0.25) is 0 Å². The Balaban J connectivity index is 1.02. The van der Waals surface area contributed by atoms with Crippen molar-refractivity contribution in [3.8, 4) is 0 Å². The molecule has 2 unspecified atom stereocenters. The topological polar surface area (TPSA) is 187 Å². The predicted molar refractivity (Wildman–Crippen MR) is 256 cm³/mol. The van der Waals surface area contributed by atoms with Crippen LogP contribution in [0.4, 0.5) is 0 Å². The molecule has 13 heteroatoms. The van der Waals surface area contributed by atoms with E-state index in [0.29, 0.717) is 87.0 Å². The first-order valence-electron chi connectivity index (χ1n) is 23.5. The van der Waals surface area contributed by atoms with E-state index in [9.17, 15) is 28.8 Å². The van der Waals surface area contributed by atoms with Crippen molar-refractivity contribution in [2.24, 2.45) is 0 Å². The van der Waals surface area contributed by atoms with Gasteiger partial charge in [0.05, 0.1) is 0 Å². The van der Waals surface area contributed by atoms with Gasteiger partial charge in [0, 0.05) is 48.4 Å². The zero-order valence-electron chi connectivity index (χ0n) is 37.8. The quantitative estimate of drug-likeness (QED) is 0.0265. The highest BCUT2D eigenvalue weighted by Gasteiger charge is 2.22. The van der Waals surface area contributed by atoms with E-state index in [1.807, 2.05) is 48.5 Å². The zero-order chi connectivity index (χ0) is 46.2. The van der Waals surface area contributed by atoms with Crippen LogP contribution >= 0.6 is 0 Å². The minimum atomic E-state index is -0.670. The van der Waals surface area contributed by atoms with Crippen molar-refractivity contribution < 1.29 is 28.8 Å². The maximum absolute atomic E-state index is 13.2. The van der Waals surface area contributed by atoms with Gasteiger partial charge < -0.3 is 37.2 Å². The summed E-state index contributed by atoms with van der Waals surface area (Å²) in [5, 5.41) is 21.2. The molecule has 0 aliphatic heterocycles. The highest BCUT2D eigenvalue weighted by molar-refractivity contribution is 5.98. The average molecular weight is 888 g/mol. The molecule has 7 N–H and O–H groups in total. The Labute approximate surface area is 385 Å². The molecule has 0 saturated heterocycles. The third-order valence-electron chi connectivity index (χ3n) is 11.0. The molecule has 4 rings (SSSR count). The molecule has 348 valence electrons. The lowest BCUT2D eigenvalue weighted by molar-refractivity contribution is -0.123. The summed E-state index contributed by atoms with van der Waals surface area (Å²) in [5.74, 6) is -1.23. The summed E-state index contributed by atoms with van der Waals surface area (Å²) >= 11 is 0. The van der Waals surface area contributed by atoms with Crippen molar-refractivity contribution in [2.75, 3.05) is 39.3 Å². The minimum absolute atomic E-state index is 0.132. The molecule has 0 fully saturated rings. The lowest BCUT2D eigenvalue weighted by Crippen LogP contribution is -2.47. The van der Waals surface area contributed by atoms with E-state index in [4.69, 9.17) is 0 Å². The normalized spacial score (nSPS) is 11.7. The van der Waals surface area contributed by atoms with E-state index in [-0.39, 0.29) is 35.4 Å². The maximum atomic E-state index is 13.2. The molecular weight excluding hydrogens is 819 g/mol. The Morgan fingerprint density at radius 1 is 0.308 bits per heavy atom. The highest BCUT2D eigenvalue weighted by Crippen LogP contribution is 2.09. The molecule has 0 radical (unpaired) electrons. The van der Waals surface area contributed by atoms with Crippen LogP contribution in [0.5, 0.6) is 0 Å². The molecule has 4 aromatic carbocycles. The number of unbranched alkanes of at least 4 members (excludes halogenated alkanes) is 8. The molecule has 0 aliphatic carbocycles. The second-order valence-electron chi connectivity index (χ2n) is 16.2. The Kier molecular flexibility index (Phi) is 24.9. The molecule has 2 atom stereocenters. The SMILES string of the molecule is O=C(NCCCCC(NC(=O)c1ccccc1)C(=O)NCCCCCCNCCCCCCNC(=O)C(CCCCNC(=O)c1ccccc1)NC(=O)c1ccccc1)c1ccccc1. The third kappa shape index (κ3) is 21.3. The Morgan fingerprint density at radius 3 is 0.923 bits per heavy atom. The fraction of sp³-hybridized carbons (Fsp3) is 0.423. The molecule has 0 aliphatic rings. The molecule has 6 amide bonds. The second-order valence-corrected chi connectivity index (χ2v) is 16.2. The van der Waals surface area contributed by atoms with Crippen molar-refractivity contribution in [3.05, 3.63) is 144 Å². The zero-order valence-corrected chi connectivity index (χ0v) is 37.8. The first kappa shape index (κ1) is 51.3. The van der Waals surface area contributed by atoms with E-state index in [1.165, 1.54) is 0 Å². The smallest absolute Gasteiger partial charge is 0.251 e. The van der Waals surface area contributed by atoms with E-state index in [0.717, 1.165) is 64.5 Å². The van der Waals surface area contributed by atoms with E-state index >= 15 is 0 Å². The second kappa shape index (κ2) is 31.5. The Morgan fingerprint density at radius 2 is 0.585 bits per heavy atom. The monoisotopic (exact) mass is 888 g/mol. The number of benzene rings is 4. The van der Waals surface area contributed by atoms with Crippen molar-refractivity contribution in [2.45, 2.75) is 102 Å². The Hall–Kier alpha value is -6.34. The van der Waals surface area contributed by atoms with E-state index < -0.39 is 12.1 Å². The number of hydrogen-bond donors (Lipinski definition) is 7. The first-order chi connectivity index (χ1) is 31.8. The Bertz CT molecular complexity index is 1840. The van der Waals surface area contributed by atoms with Crippen LogP contribution in [0, 0.1) is 0 Å². The van der Waals surface area contributed by atoms with Gasteiger partial charge in [-0.3, -0.25) is 28.8 Å². The summed E-state index contributed by atoms with van der Waals surface area (Å²) in [6.07, 6.45) is 11.5. The van der Waals surface area contributed by atoms with E-state index in [2.05, 4.69) is 37.2 Å². The van der Waals surface area contributed by atoms with Crippen molar-refractivity contribution in [1.82, 2.24) is 37.2 Å². The predicted octanol–water partition coefficient (Wildman–Crippen LogP) is 6.73. The highest BCUT2D eigenvalue weighted by atomic mass is 16.2. The van der Waals surface area contributed by atoms with Gasteiger partial charge in [0.15, 0.2) is 0 Å². The number of nitrogens with one attached hydrogen (secondary N) is 7. The van der Waals surface area contributed by atoms with Gasteiger partial charge >= 0.3 is 0 Å². The van der Waals surface area contributed by atoms with Crippen LogP contribution in [-0.4, -0.2) is 86.8 Å². The van der Waals surface area contributed by atoms with Gasteiger partial charge in [-0.2, -0.15) is 0 Å². The number of carbonyl (C=O) groups excluding carboxylic acids is 6. The molecule has 0 spiro atoms. The van der Waals surface area contributed by atoms with Gasteiger partial charge in [-0.1, -0.05) is 98.5 Å². The molecule has 13 nitrogen and oxygen atoms in total.